The molecular formula is C14H30N2O. The van der Waals surface area contributed by atoms with Gasteiger partial charge in [-0.15, -0.1) is 0 Å². The smallest absolute Gasteiger partial charge is 0.221 e. The predicted molar refractivity (Wildman–Crippen MR) is 73.8 cm³/mol. The predicted octanol–water partition coefficient (Wildman–Crippen LogP) is 2.83. The summed E-state index contributed by atoms with van der Waals surface area (Å²) in [5.74, 6) is 0.0768. The molecule has 0 saturated carbocycles. The topological polar surface area (TPSA) is 55.1 Å². The molecule has 17 heavy (non-hydrogen) atoms. The highest BCUT2D eigenvalue weighted by Crippen LogP contribution is 2.21. The van der Waals surface area contributed by atoms with Crippen LogP contribution in [0.25, 0.3) is 0 Å². The molecular weight excluding hydrogens is 212 g/mol. The van der Waals surface area contributed by atoms with Gasteiger partial charge in [0.15, 0.2) is 0 Å². The third-order valence-corrected chi connectivity index (χ3v) is 3.32. The fraction of sp³-hybridized carbons (Fsp3) is 0.929. The van der Waals surface area contributed by atoms with Gasteiger partial charge in [0.25, 0.3) is 0 Å². The first-order valence-electron chi connectivity index (χ1n) is 6.68. The van der Waals surface area contributed by atoms with Crippen LogP contribution in [0.4, 0.5) is 0 Å². The number of carbonyl (C=O) groups is 1. The van der Waals surface area contributed by atoms with Crippen molar-refractivity contribution >= 4 is 5.91 Å². The largest absolute Gasteiger partial charge is 0.351 e. The molecule has 0 aromatic carbocycles. The fourth-order valence-electron chi connectivity index (χ4n) is 1.91. The van der Waals surface area contributed by atoms with Crippen LogP contribution in [0.1, 0.15) is 67.2 Å². The summed E-state index contributed by atoms with van der Waals surface area (Å²) < 4.78 is 0. The maximum Gasteiger partial charge on any atom is 0.221 e. The van der Waals surface area contributed by atoms with E-state index < -0.39 is 0 Å². The van der Waals surface area contributed by atoms with E-state index in [9.17, 15) is 4.79 Å². The van der Waals surface area contributed by atoms with Crippen LogP contribution in [0.3, 0.4) is 0 Å². The van der Waals surface area contributed by atoms with Gasteiger partial charge in [-0.1, -0.05) is 34.6 Å². The van der Waals surface area contributed by atoms with Crippen molar-refractivity contribution in [3.8, 4) is 0 Å². The van der Waals surface area contributed by atoms with Gasteiger partial charge in [0, 0.05) is 18.0 Å². The van der Waals surface area contributed by atoms with Gasteiger partial charge in [0.2, 0.25) is 5.91 Å². The minimum Gasteiger partial charge on any atom is -0.351 e. The van der Waals surface area contributed by atoms with Crippen molar-refractivity contribution in [3.05, 3.63) is 0 Å². The lowest BCUT2D eigenvalue weighted by atomic mass is 9.87. The van der Waals surface area contributed by atoms with E-state index in [-0.39, 0.29) is 22.9 Å². The van der Waals surface area contributed by atoms with Crippen molar-refractivity contribution in [2.45, 2.75) is 78.8 Å². The van der Waals surface area contributed by atoms with Crippen LogP contribution >= 0.6 is 0 Å². The molecule has 0 aromatic rings. The van der Waals surface area contributed by atoms with Gasteiger partial charge in [0.05, 0.1) is 0 Å². The Hall–Kier alpha value is -0.570. The Labute approximate surface area is 107 Å². The van der Waals surface area contributed by atoms with E-state index in [1.165, 1.54) is 0 Å². The summed E-state index contributed by atoms with van der Waals surface area (Å²) in [6.07, 6.45) is 3.19. The molecule has 0 rings (SSSR count). The Kier molecular flexibility index (Phi) is 6.17. The van der Waals surface area contributed by atoms with E-state index in [1.54, 1.807) is 0 Å². The summed E-state index contributed by atoms with van der Waals surface area (Å²) in [7, 11) is 0. The van der Waals surface area contributed by atoms with Crippen molar-refractivity contribution in [2.24, 2.45) is 11.1 Å². The molecule has 0 aromatic heterocycles. The average Bonchev–Trinajstić information content (AvgIpc) is 2.14. The lowest BCUT2D eigenvalue weighted by Gasteiger charge is -2.29. The van der Waals surface area contributed by atoms with Crippen LogP contribution in [0.2, 0.25) is 0 Å². The van der Waals surface area contributed by atoms with E-state index in [2.05, 4.69) is 46.9 Å². The molecule has 3 heteroatoms. The minimum atomic E-state index is -0.0848. The van der Waals surface area contributed by atoms with Crippen LogP contribution < -0.4 is 11.1 Å². The van der Waals surface area contributed by atoms with Gasteiger partial charge in [-0.2, -0.15) is 0 Å². The zero-order valence-corrected chi connectivity index (χ0v) is 12.4. The summed E-state index contributed by atoms with van der Waals surface area (Å²) in [6.45, 7) is 12.7. The Morgan fingerprint density at radius 2 is 1.65 bits per heavy atom. The molecule has 0 saturated heterocycles. The summed E-state index contributed by atoms with van der Waals surface area (Å²) in [6, 6.07) is -0.0482. The second kappa shape index (κ2) is 6.39. The fourth-order valence-corrected chi connectivity index (χ4v) is 1.91. The van der Waals surface area contributed by atoms with E-state index in [4.69, 9.17) is 5.73 Å². The van der Waals surface area contributed by atoms with Crippen LogP contribution in [0.5, 0.6) is 0 Å². The van der Waals surface area contributed by atoms with Gasteiger partial charge in [-0.05, 0) is 31.6 Å². The second-order valence-corrected chi connectivity index (χ2v) is 6.54. The van der Waals surface area contributed by atoms with Crippen molar-refractivity contribution in [3.63, 3.8) is 0 Å². The van der Waals surface area contributed by atoms with Crippen LogP contribution in [-0.2, 0) is 4.79 Å². The van der Waals surface area contributed by atoms with E-state index in [0.717, 1.165) is 19.3 Å². The third-order valence-electron chi connectivity index (χ3n) is 3.32. The molecule has 1 unspecified atom stereocenters. The molecule has 0 radical (unpaired) electrons. The maximum absolute atomic E-state index is 11.9. The Bertz CT molecular complexity index is 239. The molecule has 1 atom stereocenters. The number of nitrogens with two attached hydrogens (primary N) is 1. The van der Waals surface area contributed by atoms with Gasteiger partial charge < -0.3 is 11.1 Å². The minimum absolute atomic E-state index is 0.0482. The number of hydrogen-bond acceptors (Lipinski definition) is 2. The summed E-state index contributed by atoms with van der Waals surface area (Å²) in [5.41, 5.74) is 6.10. The summed E-state index contributed by atoms with van der Waals surface area (Å²) in [4.78, 5) is 11.9. The lowest BCUT2D eigenvalue weighted by molar-refractivity contribution is -0.123. The molecule has 0 aliphatic carbocycles. The number of nitrogens with one attached hydrogen (secondary N) is 1. The zero-order valence-electron chi connectivity index (χ0n) is 12.4. The van der Waals surface area contributed by atoms with E-state index >= 15 is 0 Å². The molecule has 3 nitrogen and oxygen atoms in total. The number of carbonyl (C=O) groups excluding carboxylic acids is 1. The first-order chi connectivity index (χ1) is 7.62. The van der Waals surface area contributed by atoms with Crippen molar-refractivity contribution in [1.82, 2.24) is 5.32 Å². The van der Waals surface area contributed by atoms with Gasteiger partial charge >= 0.3 is 0 Å². The summed E-state index contributed by atoms with van der Waals surface area (Å²) in [5, 5.41) is 3.09. The highest BCUT2D eigenvalue weighted by molar-refractivity contribution is 5.77. The van der Waals surface area contributed by atoms with Gasteiger partial charge in [-0.25, -0.2) is 0 Å². The molecule has 0 aliphatic rings. The molecule has 102 valence electrons. The Morgan fingerprint density at radius 3 is 2.00 bits per heavy atom. The number of hydrogen-bond donors (Lipinski definition) is 2. The zero-order chi connectivity index (χ0) is 13.7. The maximum atomic E-state index is 11.9. The van der Waals surface area contributed by atoms with E-state index in [1.807, 2.05) is 0 Å². The molecule has 1 amide bonds. The number of amides is 1. The standard InChI is InChI=1S/C14H30N2O/c1-7-14(6,8-2)16-12(17)9-11(15)10-13(3,4)5/h11H,7-10,15H2,1-6H3,(H,16,17). The summed E-state index contributed by atoms with van der Waals surface area (Å²) >= 11 is 0. The molecule has 3 N–H and O–H groups in total. The highest BCUT2D eigenvalue weighted by Gasteiger charge is 2.24. The second-order valence-electron chi connectivity index (χ2n) is 6.54. The van der Waals surface area contributed by atoms with Crippen molar-refractivity contribution in [2.75, 3.05) is 0 Å². The van der Waals surface area contributed by atoms with Crippen LogP contribution in [0, 0.1) is 5.41 Å². The first kappa shape index (κ1) is 16.4. The van der Waals surface area contributed by atoms with Crippen LogP contribution in [-0.4, -0.2) is 17.5 Å². The molecule has 0 fully saturated rings. The molecule has 0 heterocycles. The van der Waals surface area contributed by atoms with Crippen LogP contribution in [0.15, 0.2) is 0 Å². The van der Waals surface area contributed by atoms with Crippen molar-refractivity contribution in [1.29, 1.82) is 0 Å². The Balaban J connectivity index is 4.18. The quantitative estimate of drug-likeness (QED) is 0.752. The molecule has 0 aliphatic heterocycles. The van der Waals surface area contributed by atoms with Gasteiger partial charge in [-0.3, -0.25) is 4.79 Å². The average molecular weight is 242 g/mol. The lowest BCUT2D eigenvalue weighted by Crippen LogP contribution is -2.46. The monoisotopic (exact) mass is 242 g/mol. The number of rotatable bonds is 6. The SMILES string of the molecule is CCC(C)(CC)NC(=O)CC(N)CC(C)(C)C. The first-order valence-corrected chi connectivity index (χ1v) is 6.68. The Morgan fingerprint density at radius 1 is 1.18 bits per heavy atom. The molecule has 0 spiro atoms. The van der Waals surface area contributed by atoms with Crippen molar-refractivity contribution < 1.29 is 4.79 Å². The molecule has 0 bridgehead atoms. The van der Waals surface area contributed by atoms with Gasteiger partial charge in [0.1, 0.15) is 0 Å². The normalized spacial score (nSPS) is 14.5. The third kappa shape index (κ3) is 7.37. The highest BCUT2D eigenvalue weighted by atomic mass is 16.1. The van der Waals surface area contributed by atoms with E-state index in [0.29, 0.717) is 6.42 Å².